The Morgan fingerprint density at radius 2 is 1.81 bits per heavy atom. The molecule has 1 aromatic heterocycles. The molecule has 1 aromatic rings. The predicted molar refractivity (Wildman–Crippen MR) is 73.7 cm³/mol. The Kier molecular flexibility index (Phi) is 6.52. The first-order valence-corrected chi connectivity index (χ1v) is 7.00. The topological polar surface area (TPSA) is 71.6 Å². The normalized spacial score (nSPS) is 16.6. The van der Waals surface area contributed by atoms with Crippen LogP contribution in [0, 0.1) is 0 Å². The highest BCUT2D eigenvalue weighted by Crippen LogP contribution is 2.28. The third-order valence-corrected chi connectivity index (χ3v) is 2.60. The maximum Gasteiger partial charge on any atom is 0.262 e. The zero-order valence-electron chi connectivity index (χ0n) is 12.4. The quantitative estimate of drug-likeness (QED) is 0.349. The highest BCUT2D eigenvalue weighted by atomic mass is 16.7. The van der Waals surface area contributed by atoms with Crippen LogP contribution in [0.15, 0.2) is 12.1 Å². The summed E-state index contributed by atoms with van der Waals surface area (Å²) in [6.45, 7) is 6.39. The van der Waals surface area contributed by atoms with E-state index in [-0.39, 0.29) is 19.7 Å². The molecule has 21 heavy (non-hydrogen) atoms. The minimum Gasteiger partial charge on any atom is -0.485 e. The summed E-state index contributed by atoms with van der Waals surface area (Å²) in [7, 11) is 0. The Balaban J connectivity index is 1.95. The molecule has 0 bridgehead atoms. The van der Waals surface area contributed by atoms with E-state index in [1.807, 2.05) is 13.8 Å². The molecule has 1 unspecified atom stereocenters. The van der Waals surface area contributed by atoms with Crippen molar-refractivity contribution in [1.82, 2.24) is 4.98 Å². The molecule has 0 amide bonds. The molecule has 0 spiro atoms. The van der Waals surface area contributed by atoms with Gasteiger partial charge in [0, 0.05) is 19.3 Å². The van der Waals surface area contributed by atoms with Gasteiger partial charge in [-0.25, -0.2) is 0 Å². The third-order valence-electron chi connectivity index (χ3n) is 2.60. The van der Waals surface area contributed by atoms with Gasteiger partial charge in [0.15, 0.2) is 19.3 Å². The van der Waals surface area contributed by atoms with Crippen molar-refractivity contribution < 1.29 is 28.4 Å². The molecule has 0 saturated carbocycles. The van der Waals surface area contributed by atoms with Crippen molar-refractivity contribution >= 4 is 0 Å². The lowest BCUT2D eigenvalue weighted by Gasteiger charge is -2.12. The largest absolute Gasteiger partial charge is 0.485 e. The molecule has 118 valence electrons. The summed E-state index contributed by atoms with van der Waals surface area (Å²) >= 11 is 0. The molecular weight excluding hydrogens is 278 g/mol. The third kappa shape index (κ3) is 5.74. The van der Waals surface area contributed by atoms with Gasteiger partial charge in [-0.15, -0.1) is 0 Å². The Hall–Kier alpha value is -1.57. The van der Waals surface area contributed by atoms with Gasteiger partial charge in [-0.1, -0.05) is 0 Å². The zero-order valence-corrected chi connectivity index (χ0v) is 12.4. The fourth-order valence-corrected chi connectivity index (χ4v) is 1.42. The van der Waals surface area contributed by atoms with Crippen LogP contribution in [0.1, 0.15) is 13.8 Å². The average Bonchev–Trinajstić information content (AvgIpc) is 3.31. The Morgan fingerprint density at radius 3 is 2.48 bits per heavy atom. The Labute approximate surface area is 124 Å². The number of aromatic nitrogens is 1. The van der Waals surface area contributed by atoms with Crippen LogP contribution in [-0.2, 0) is 14.2 Å². The fraction of sp³-hybridized carbons (Fsp3) is 0.643. The van der Waals surface area contributed by atoms with Crippen LogP contribution in [0.2, 0.25) is 0 Å². The highest BCUT2D eigenvalue weighted by Gasteiger charge is 2.24. The van der Waals surface area contributed by atoms with Crippen molar-refractivity contribution in [2.75, 3.05) is 40.0 Å². The summed E-state index contributed by atoms with van der Waals surface area (Å²) in [6, 6.07) is 3.45. The van der Waals surface area contributed by atoms with E-state index >= 15 is 0 Å². The predicted octanol–water partition coefficient (Wildman–Crippen LogP) is 1.60. The van der Waals surface area contributed by atoms with E-state index in [0.29, 0.717) is 37.3 Å². The van der Waals surface area contributed by atoms with E-state index in [9.17, 15) is 0 Å². The van der Waals surface area contributed by atoms with Crippen molar-refractivity contribution in [3.05, 3.63) is 12.1 Å². The maximum absolute atomic E-state index is 5.62. The van der Waals surface area contributed by atoms with Gasteiger partial charge >= 0.3 is 0 Å². The van der Waals surface area contributed by atoms with Gasteiger partial charge in [0.1, 0.15) is 12.7 Å². The number of pyridine rings is 1. The fourth-order valence-electron chi connectivity index (χ4n) is 1.42. The van der Waals surface area contributed by atoms with Crippen molar-refractivity contribution in [2.24, 2.45) is 0 Å². The molecule has 2 rings (SSSR count). The summed E-state index contributed by atoms with van der Waals surface area (Å²) in [4.78, 5) is 4.24. The first-order valence-electron chi connectivity index (χ1n) is 7.00. The van der Waals surface area contributed by atoms with E-state index in [1.165, 1.54) is 0 Å². The molecule has 1 aliphatic heterocycles. The van der Waals surface area contributed by atoms with Gasteiger partial charge in [0.25, 0.3) is 5.88 Å². The summed E-state index contributed by atoms with van der Waals surface area (Å²) in [5.41, 5.74) is 0. The molecule has 1 atom stereocenters. The smallest absolute Gasteiger partial charge is 0.262 e. The average molecular weight is 299 g/mol. The van der Waals surface area contributed by atoms with Gasteiger partial charge in [0.2, 0.25) is 5.88 Å². The molecule has 0 aliphatic carbocycles. The molecule has 2 heterocycles. The van der Waals surface area contributed by atoms with Crippen LogP contribution in [-0.4, -0.2) is 51.1 Å². The lowest BCUT2D eigenvalue weighted by atomic mass is 10.4. The van der Waals surface area contributed by atoms with Gasteiger partial charge in [0.05, 0.1) is 6.61 Å². The monoisotopic (exact) mass is 299 g/mol. The van der Waals surface area contributed by atoms with Crippen LogP contribution in [0.25, 0.3) is 0 Å². The van der Waals surface area contributed by atoms with Gasteiger partial charge < -0.3 is 28.4 Å². The van der Waals surface area contributed by atoms with Gasteiger partial charge in [-0.3, -0.25) is 0 Å². The second-order valence-corrected chi connectivity index (χ2v) is 4.23. The second kappa shape index (κ2) is 8.66. The summed E-state index contributed by atoms with van der Waals surface area (Å²) in [5, 5.41) is 0. The van der Waals surface area contributed by atoms with E-state index in [1.54, 1.807) is 12.1 Å². The van der Waals surface area contributed by atoms with Crippen LogP contribution in [0.5, 0.6) is 17.5 Å². The lowest BCUT2D eigenvalue weighted by Crippen LogP contribution is -2.10. The molecule has 1 saturated heterocycles. The second-order valence-electron chi connectivity index (χ2n) is 4.23. The Bertz CT molecular complexity index is 424. The number of epoxide rings is 1. The number of nitrogens with zero attached hydrogens (tertiary/aromatic N) is 1. The van der Waals surface area contributed by atoms with E-state index in [4.69, 9.17) is 28.4 Å². The molecule has 0 N–H and O–H groups in total. The maximum atomic E-state index is 5.62. The van der Waals surface area contributed by atoms with Crippen LogP contribution in [0.4, 0.5) is 0 Å². The minimum absolute atomic E-state index is 0.106. The molecule has 7 nitrogen and oxygen atoms in total. The van der Waals surface area contributed by atoms with E-state index in [0.717, 1.165) is 6.61 Å². The number of rotatable bonds is 11. The SMILES string of the molecule is CCOCOc1ccc(OCC2CO2)c(OCOCC)n1. The summed E-state index contributed by atoms with van der Waals surface area (Å²) < 4.78 is 31.8. The van der Waals surface area contributed by atoms with Gasteiger partial charge in [-0.05, 0) is 19.9 Å². The number of hydrogen-bond donors (Lipinski definition) is 0. The van der Waals surface area contributed by atoms with Crippen molar-refractivity contribution in [3.8, 4) is 17.5 Å². The van der Waals surface area contributed by atoms with Gasteiger partial charge in [-0.2, -0.15) is 4.98 Å². The number of hydrogen-bond acceptors (Lipinski definition) is 7. The number of ether oxygens (including phenoxy) is 6. The minimum atomic E-state index is 0.106. The first kappa shape index (κ1) is 15.8. The first-order chi connectivity index (χ1) is 10.3. The van der Waals surface area contributed by atoms with E-state index in [2.05, 4.69) is 4.98 Å². The zero-order chi connectivity index (χ0) is 14.9. The van der Waals surface area contributed by atoms with Crippen molar-refractivity contribution in [3.63, 3.8) is 0 Å². The standard InChI is InChI=1S/C14H21NO6/c1-3-16-9-20-13-6-5-12(19-8-11-7-18-11)14(15-13)21-10-17-4-2/h5-6,11H,3-4,7-10H2,1-2H3. The summed E-state index contributed by atoms with van der Waals surface area (Å²) in [6.07, 6.45) is 0.165. The molecule has 7 heteroatoms. The molecule has 0 radical (unpaired) electrons. The molecular formula is C14H21NO6. The summed E-state index contributed by atoms with van der Waals surface area (Å²) in [5.74, 6) is 1.28. The van der Waals surface area contributed by atoms with Crippen molar-refractivity contribution in [2.45, 2.75) is 20.0 Å². The van der Waals surface area contributed by atoms with Crippen LogP contribution in [0.3, 0.4) is 0 Å². The highest BCUT2D eigenvalue weighted by molar-refractivity contribution is 5.36. The molecule has 1 aliphatic rings. The molecule has 1 fully saturated rings. The van der Waals surface area contributed by atoms with Crippen molar-refractivity contribution in [1.29, 1.82) is 0 Å². The Morgan fingerprint density at radius 1 is 1.10 bits per heavy atom. The lowest BCUT2D eigenvalue weighted by molar-refractivity contribution is 0.0112. The van der Waals surface area contributed by atoms with Crippen LogP contribution >= 0.6 is 0 Å². The molecule has 0 aromatic carbocycles. The van der Waals surface area contributed by atoms with Crippen LogP contribution < -0.4 is 14.2 Å². The van der Waals surface area contributed by atoms with E-state index < -0.39 is 0 Å².